The van der Waals surface area contributed by atoms with Crippen LogP contribution in [-0.4, -0.2) is 0 Å². The van der Waals surface area contributed by atoms with Crippen molar-refractivity contribution in [2.45, 2.75) is 0 Å². The Kier molecular flexibility index (Phi) is 7.39. The molecule has 0 aliphatic carbocycles. The predicted molar refractivity (Wildman–Crippen MR) is 235 cm³/mol. The first-order valence-electron chi connectivity index (χ1n) is 18.7. The molecule has 0 bridgehead atoms. The molecule has 11 aromatic rings. The van der Waals surface area contributed by atoms with Crippen molar-refractivity contribution in [3.05, 3.63) is 200 Å². The van der Waals surface area contributed by atoms with Gasteiger partial charge in [0.2, 0.25) is 0 Å². The lowest BCUT2D eigenvalue weighted by Gasteiger charge is -2.29. The number of para-hydroxylation sites is 2. The lowest BCUT2D eigenvalue weighted by Crippen LogP contribution is -2.11. The summed E-state index contributed by atoms with van der Waals surface area (Å²) in [5.74, 6) is 0. The Bertz CT molecular complexity index is 3200. The molecule has 2 aromatic heterocycles. The van der Waals surface area contributed by atoms with Gasteiger partial charge in [-0.25, -0.2) is 0 Å². The van der Waals surface area contributed by atoms with Gasteiger partial charge in [0.15, 0.2) is 0 Å². The fourth-order valence-corrected chi connectivity index (χ4v) is 9.49. The Labute approximate surface area is 322 Å². The summed E-state index contributed by atoms with van der Waals surface area (Å²) < 4.78 is 9.06. The minimum absolute atomic E-state index is 0.865. The van der Waals surface area contributed by atoms with E-state index in [4.69, 9.17) is 4.42 Å². The van der Waals surface area contributed by atoms with Crippen molar-refractivity contribution in [2.24, 2.45) is 0 Å². The maximum Gasteiger partial charge on any atom is 0.137 e. The van der Waals surface area contributed by atoms with E-state index in [9.17, 15) is 0 Å². The minimum atomic E-state index is 0.865. The smallest absolute Gasteiger partial charge is 0.137 e. The van der Waals surface area contributed by atoms with E-state index in [0.717, 1.165) is 44.6 Å². The zero-order chi connectivity index (χ0) is 36.3. The van der Waals surface area contributed by atoms with E-state index in [1.54, 1.807) is 0 Å². The van der Waals surface area contributed by atoms with Gasteiger partial charge in [-0.15, -0.1) is 11.3 Å². The normalized spacial score (nSPS) is 11.6. The van der Waals surface area contributed by atoms with Crippen molar-refractivity contribution in [2.75, 3.05) is 4.90 Å². The van der Waals surface area contributed by atoms with Crippen molar-refractivity contribution in [1.29, 1.82) is 0 Å². The minimum Gasteiger partial charge on any atom is -0.456 e. The summed E-state index contributed by atoms with van der Waals surface area (Å²) in [7, 11) is 0. The van der Waals surface area contributed by atoms with Gasteiger partial charge >= 0.3 is 0 Å². The van der Waals surface area contributed by atoms with Crippen LogP contribution in [0.5, 0.6) is 0 Å². The zero-order valence-corrected chi connectivity index (χ0v) is 30.6. The van der Waals surface area contributed by atoms with E-state index >= 15 is 0 Å². The molecule has 0 N–H and O–H groups in total. The average molecular weight is 720 g/mol. The van der Waals surface area contributed by atoms with Crippen LogP contribution in [0.25, 0.3) is 86.3 Å². The molecular weight excluding hydrogens is 687 g/mol. The second-order valence-corrected chi connectivity index (χ2v) is 15.1. The SMILES string of the molecule is c1ccc(-c2ccc(N(c3ccc4c(c3)oc3ccccc34)c3ccccc3-c3ccc4sc5ccccc5c4c3-c3cccc4ccccc34)cc2)cc1. The number of furan rings is 1. The Morgan fingerprint density at radius 3 is 1.93 bits per heavy atom. The second-order valence-electron chi connectivity index (χ2n) is 14.0. The average Bonchev–Trinajstić information content (AvgIpc) is 3.82. The molecule has 258 valence electrons. The molecule has 0 fully saturated rings. The van der Waals surface area contributed by atoms with Gasteiger partial charge in [-0.05, 0) is 87.1 Å². The third-order valence-electron chi connectivity index (χ3n) is 10.9. The lowest BCUT2D eigenvalue weighted by molar-refractivity contribution is 0.669. The molecule has 2 nitrogen and oxygen atoms in total. The predicted octanol–water partition coefficient (Wildman–Crippen LogP) is 15.6. The molecule has 0 atom stereocenters. The molecule has 55 heavy (non-hydrogen) atoms. The maximum atomic E-state index is 6.48. The molecule has 0 spiro atoms. The van der Waals surface area contributed by atoms with E-state index < -0.39 is 0 Å². The van der Waals surface area contributed by atoms with Crippen molar-refractivity contribution in [1.82, 2.24) is 0 Å². The van der Waals surface area contributed by atoms with Crippen molar-refractivity contribution < 1.29 is 4.42 Å². The molecule has 11 rings (SSSR count). The van der Waals surface area contributed by atoms with Crippen molar-refractivity contribution >= 4 is 81.3 Å². The fourth-order valence-electron chi connectivity index (χ4n) is 8.38. The van der Waals surface area contributed by atoms with E-state index in [2.05, 4.69) is 193 Å². The summed E-state index contributed by atoms with van der Waals surface area (Å²) in [4.78, 5) is 2.39. The summed E-state index contributed by atoms with van der Waals surface area (Å²) in [6, 6.07) is 72.2. The van der Waals surface area contributed by atoms with Gasteiger partial charge in [0.05, 0.1) is 5.69 Å². The van der Waals surface area contributed by atoms with Crippen LogP contribution in [0.3, 0.4) is 0 Å². The van der Waals surface area contributed by atoms with Gasteiger partial charge in [-0.3, -0.25) is 0 Å². The molecule has 0 radical (unpaired) electrons. The van der Waals surface area contributed by atoms with Gasteiger partial charge < -0.3 is 9.32 Å². The highest BCUT2D eigenvalue weighted by Crippen LogP contribution is 2.50. The van der Waals surface area contributed by atoms with Crippen LogP contribution in [0, 0.1) is 0 Å². The first kappa shape index (κ1) is 31.6. The standard InChI is InChI=1S/C52H33NOS/c1-2-13-34(14-3-1)35-25-27-37(28-26-35)53(38-29-30-42-41-19-7-10-23-47(41)54-48(42)33-38)46-22-9-6-18-40(46)44-31-32-50-52(45-20-8-11-24-49(45)55-50)51(44)43-21-12-16-36-15-4-5-17-39(36)43/h1-33H. The Balaban J connectivity index is 1.19. The molecule has 3 heteroatoms. The van der Waals surface area contributed by atoms with Crippen LogP contribution in [0.4, 0.5) is 17.1 Å². The fraction of sp³-hybridized carbons (Fsp3) is 0. The maximum absolute atomic E-state index is 6.48. The number of fused-ring (bicyclic) bond motifs is 7. The topological polar surface area (TPSA) is 16.4 Å². The van der Waals surface area contributed by atoms with Crippen molar-refractivity contribution in [3.8, 4) is 33.4 Å². The number of rotatable bonds is 6. The van der Waals surface area contributed by atoms with Gasteiger partial charge in [-0.1, -0.05) is 146 Å². The summed E-state index contributed by atoms with van der Waals surface area (Å²) in [6.45, 7) is 0. The van der Waals surface area contributed by atoms with Gasteiger partial charge in [0.1, 0.15) is 11.2 Å². The quantitative estimate of drug-likeness (QED) is 0.170. The Morgan fingerprint density at radius 1 is 0.382 bits per heavy atom. The third kappa shape index (κ3) is 5.24. The third-order valence-corrected chi connectivity index (χ3v) is 12.0. The molecular formula is C52H33NOS. The van der Waals surface area contributed by atoms with E-state index in [1.807, 2.05) is 23.5 Å². The number of nitrogens with zero attached hydrogens (tertiary/aromatic N) is 1. The highest BCUT2D eigenvalue weighted by molar-refractivity contribution is 7.26. The molecule has 9 aromatic carbocycles. The van der Waals surface area contributed by atoms with Crippen LogP contribution in [0.2, 0.25) is 0 Å². The molecule has 0 amide bonds. The van der Waals surface area contributed by atoms with Gasteiger partial charge in [-0.2, -0.15) is 0 Å². The summed E-state index contributed by atoms with van der Waals surface area (Å²) >= 11 is 1.87. The lowest BCUT2D eigenvalue weighted by atomic mass is 9.87. The molecule has 0 aliphatic rings. The molecule has 0 saturated carbocycles. The number of hydrogen-bond donors (Lipinski definition) is 0. The summed E-state index contributed by atoms with van der Waals surface area (Å²) in [5.41, 5.74) is 12.2. The van der Waals surface area contributed by atoms with Crippen LogP contribution in [0.15, 0.2) is 205 Å². The van der Waals surface area contributed by atoms with E-state index in [0.29, 0.717) is 0 Å². The Hall–Kier alpha value is -6.94. The molecule has 0 unspecified atom stereocenters. The number of benzene rings is 9. The van der Waals surface area contributed by atoms with Crippen LogP contribution in [0.1, 0.15) is 0 Å². The highest BCUT2D eigenvalue weighted by atomic mass is 32.1. The zero-order valence-electron chi connectivity index (χ0n) is 29.8. The second kappa shape index (κ2) is 12.9. The largest absolute Gasteiger partial charge is 0.456 e. The van der Waals surface area contributed by atoms with Crippen LogP contribution >= 0.6 is 11.3 Å². The van der Waals surface area contributed by atoms with E-state index in [-0.39, 0.29) is 0 Å². The monoisotopic (exact) mass is 719 g/mol. The summed E-state index contributed by atoms with van der Waals surface area (Å²) in [5, 5.41) is 7.30. The van der Waals surface area contributed by atoms with Crippen LogP contribution in [-0.2, 0) is 0 Å². The number of thiophene rings is 1. The number of anilines is 3. The Morgan fingerprint density at radius 2 is 1.04 bits per heavy atom. The van der Waals surface area contributed by atoms with E-state index in [1.165, 1.54) is 58.8 Å². The first-order valence-corrected chi connectivity index (χ1v) is 19.5. The van der Waals surface area contributed by atoms with Gasteiger partial charge in [0.25, 0.3) is 0 Å². The highest BCUT2D eigenvalue weighted by Gasteiger charge is 2.23. The first-order chi connectivity index (χ1) is 27.3. The molecule has 0 aliphatic heterocycles. The van der Waals surface area contributed by atoms with Gasteiger partial charge in [0, 0.05) is 53.9 Å². The van der Waals surface area contributed by atoms with Crippen molar-refractivity contribution in [3.63, 3.8) is 0 Å². The van der Waals surface area contributed by atoms with Crippen LogP contribution < -0.4 is 4.90 Å². The summed E-state index contributed by atoms with van der Waals surface area (Å²) in [6.07, 6.45) is 0. The molecule has 2 heterocycles. The number of hydrogen-bond acceptors (Lipinski definition) is 3. The molecule has 0 saturated heterocycles.